The van der Waals surface area contributed by atoms with Crippen LogP contribution in [0.1, 0.15) is 96.8 Å². The van der Waals surface area contributed by atoms with Crippen molar-refractivity contribution in [2.45, 2.75) is 103 Å². The monoisotopic (exact) mass is 506 g/mol. The van der Waals surface area contributed by atoms with Gasteiger partial charge in [0.05, 0.1) is 12.7 Å². The average molecular weight is 507 g/mol. The summed E-state index contributed by atoms with van der Waals surface area (Å²) < 4.78 is 30.2. The number of hydrogen-bond donors (Lipinski definition) is 4. The van der Waals surface area contributed by atoms with Gasteiger partial charge in [-0.05, 0) is 32.1 Å². The largest absolute Gasteiger partial charge is 0.395 e. The van der Waals surface area contributed by atoms with Gasteiger partial charge >= 0.3 is 0 Å². The first-order valence-electron chi connectivity index (χ1n) is 13.2. The fourth-order valence-corrected chi connectivity index (χ4v) is 4.38. The van der Waals surface area contributed by atoms with Gasteiger partial charge in [0.15, 0.2) is 0 Å². The smallest absolute Gasteiger partial charge is 0.267 e. The zero-order valence-corrected chi connectivity index (χ0v) is 22.1. The van der Waals surface area contributed by atoms with Gasteiger partial charge in [-0.3, -0.25) is 9.35 Å². The highest BCUT2D eigenvalue weighted by molar-refractivity contribution is 7.85. The normalized spacial score (nSPS) is 12.9. The zero-order chi connectivity index (χ0) is 25.5. The minimum Gasteiger partial charge on any atom is -0.395 e. The van der Waals surface area contributed by atoms with E-state index in [9.17, 15) is 23.4 Å². The molecule has 0 aromatic heterocycles. The van der Waals surface area contributed by atoms with Crippen molar-refractivity contribution in [2.24, 2.45) is 0 Å². The Labute approximate surface area is 207 Å². The molecule has 0 spiro atoms. The fraction of sp³-hybridized carbons (Fsp3) is 0.880. The van der Waals surface area contributed by atoms with Crippen molar-refractivity contribution in [3.63, 3.8) is 0 Å². The Kier molecular flexibility index (Phi) is 21.8. The highest BCUT2D eigenvalue weighted by Gasteiger charge is 2.15. The van der Waals surface area contributed by atoms with Crippen LogP contribution in [0.2, 0.25) is 0 Å². The van der Waals surface area contributed by atoms with E-state index in [1.165, 1.54) is 57.8 Å². The van der Waals surface area contributed by atoms with E-state index in [1.54, 1.807) is 4.90 Å². The molecule has 0 aliphatic heterocycles. The van der Waals surface area contributed by atoms with E-state index in [0.717, 1.165) is 25.7 Å². The summed E-state index contributed by atoms with van der Waals surface area (Å²) in [7, 11) is -4.22. The Morgan fingerprint density at radius 3 is 2.03 bits per heavy atom. The lowest BCUT2D eigenvalue weighted by Crippen LogP contribution is -2.41. The Morgan fingerprint density at radius 1 is 0.912 bits per heavy atom. The third-order valence-electron chi connectivity index (χ3n) is 5.72. The Bertz CT molecular complexity index is 613. The van der Waals surface area contributed by atoms with Crippen molar-refractivity contribution in [3.05, 3.63) is 12.2 Å². The van der Waals surface area contributed by atoms with Crippen molar-refractivity contribution < 1.29 is 28.0 Å². The molecule has 0 bridgehead atoms. The topological polar surface area (TPSA) is 127 Å². The Balaban J connectivity index is 3.75. The first-order valence-corrected chi connectivity index (χ1v) is 14.8. The highest BCUT2D eigenvalue weighted by atomic mass is 32.2. The number of amides is 1. The molecule has 1 atom stereocenters. The third-order valence-corrected chi connectivity index (χ3v) is 6.52. The molecule has 34 heavy (non-hydrogen) atoms. The molecule has 202 valence electrons. The first kappa shape index (κ1) is 33.0. The van der Waals surface area contributed by atoms with Crippen LogP contribution in [-0.2, 0) is 14.9 Å². The number of carbonyl (C=O) groups is 1. The summed E-state index contributed by atoms with van der Waals surface area (Å²) in [6.07, 6.45) is 19.5. The number of allylic oxidation sites excluding steroid dienone is 2. The van der Waals surface area contributed by atoms with Crippen molar-refractivity contribution in [3.8, 4) is 0 Å². The average Bonchev–Trinajstić information content (AvgIpc) is 2.77. The second-order valence-corrected chi connectivity index (χ2v) is 10.5. The van der Waals surface area contributed by atoms with Gasteiger partial charge in [0.1, 0.15) is 5.75 Å². The van der Waals surface area contributed by atoms with E-state index in [0.29, 0.717) is 19.5 Å². The molecule has 0 radical (unpaired) electrons. The molecule has 8 nitrogen and oxygen atoms in total. The van der Waals surface area contributed by atoms with Crippen LogP contribution >= 0.6 is 0 Å². The second kappa shape index (κ2) is 22.5. The standard InChI is InChI=1S/C25H50N2O6S/c1-2-3-4-5-6-7-8-9-10-11-12-13-14-15-16-17-25(30)27(20-21-28)19-18-26-22-24(29)23-34(31,32)33/h9-10,24,26,28-29H,2-8,11-23H2,1H3,(H,31,32,33)/b10-9-. The molecule has 0 saturated carbocycles. The number of unbranched alkanes of at least 4 members (excludes halogenated alkanes) is 11. The summed E-state index contributed by atoms with van der Waals surface area (Å²) in [5, 5.41) is 21.6. The number of carbonyl (C=O) groups excluding carboxylic acids is 1. The zero-order valence-electron chi connectivity index (χ0n) is 21.3. The van der Waals surface area contributed by atoms with E-state index >= 15 is 0 Å². The third kappa shape index (κ3) is 22.8. The van der Waals surface area contributed by atoms with E-state index in [-0.39, 0.29) is 25.6 Å². The van der Waals surface area contributed by atoms with Crippen molar-refractivity contribution >= 4 is 16.0 Å². The lowest BCUT2D eigenvalue weighted by molar-refractivity contribution is -0.131. The van der Waals surface area contributed by atoms with Crippen LogP contribution in [0.25, 0.3) is 0 Å². The molecule has 0 aromatic rings. The molecule has 1 amide bonds. The summed E-state index contributed by atoms with van der Waals surface area (Å²) in [4.78, 5) is 14.0. The van der Waals surface area contributed by atoms with Crippen molar-refractivity contribution in [1.82, 2.24) is 10.2 Å². The van der Waals surface area contributed by atoms with Crippen molar-refractivity contribution in [1.29, 1.82) is 0 Å². The van der Waals surface area contributed by atoms with Crippen LogP contribution < -0.4 is 5.32 Å². The predicted molar refractivity (Wildman–Crippen MR) is 138 cm³/mol. The number of rotatable bonds is 24. The summed E-state index contributed by atoms with van der Waals surface area (Å²) in [6, 6.07) is 0. The Hall–Kier alpha value is -1.00. The molecule has 0 aromatic carbocycles. The van der Waals surface area contributed by atoms with Gasteiger partial charge < -0.3 is 20.4 Å². The van der Waals surface area contributed by atoms with Crippen LogP contribution in [0.3, 0.4) is 0 Å². The van der Waals surface area contributed by atoms with Gasteiger partial charge in [0.25, 0.3) is 10.1 Å². The quantitative estimate of drug-likeness (QED) is 0.0893. The van der Waals surface area contributed by atoms with E-state index in [1.807, 2.05) is 0 Å². The minimum absolute atomic E-state index is 0.00478. The molecule has 0 saturated heterocycles. The van der Waals surface area contributed by atoms with Crippen molar-refractivity contribution in [2.75, 3.05) is 38.5 Å². The molecular weight excluding hydrogens is 456 g/mol. The number of nitrogens with zero attached hydrogens (tertiary/aromatic N) is 1. The molecule has 0 rings (SSSR count). The summed E-state index contributed by atoms with van der Waals surface area (Å²) in [6.45, 7) is 3.09. The van der Waals surface area contributed by atoms with Gasteiger partial charge in [0, 0.05) is 32.6 Å². The van der Waals surface area contributed by atoms with Crippen LogP contribution in [0.15, 0.2) is 12.2 Å². The Morgan fingerprint density at radius 2 is 1.47 bits per heavy atom. The van der Waals surface area contributed by atoms with Gasteiger partial charge in [-0.15, -0.1) is 0 Å². The van der Waals surface area contributed by atoms with Gasteiger partial charge in [0.2, 0.25) is 5.91 Å². The number of aliphatic hydroxyl groups is 2. The van der Waals surface area contributed by atoms with Crippen LogP contribution in [-0.4, -0.2) is 78.6 Å². The van der Waals surface area contributed by atoms with E-state index in [2.05, 4.69) is 24.4 Å². The van der Waals surface area contributed by atoms with E-state index < -0.39 is 22.0 Å². The SMILES string of the molecule is CCCCCCCC/C=C\CCCCCCCC(=O)N(CCO)CCNCC(O)CS(=O)(=O)O. The number of nitrogens with one attached hydrogen (secondary N) is 1. The van der Waals surface area contributed by atoms with E-state index in [4.69, 9.17) is 4.55 Å². The van der Waals surface area contributed by atoms with Crippen LogP contribution in [0.5, 0.6) is 0 Å². The summed E-state index contributed by atoms with van der Waals surface area (Å²) in [5.41, 5.74) is 0. The fourth-order valence-electron chi connectivity index (χ4n) is 3.77. The number of hydrogen-bond acceptors (Lipinski definition) is 6. The lowest BCUT2D eigenvalue weighted by atomic mass is 10.1. The van der Waals surface area contributed by atoms with Gasteiger partial charge in [-0.25, -0.2) is 0 Å². The molecule has 1 unspecified atom stereocenters. The molecule has 4 N–H and O–H groups in total. The van der Waals surface area contributed by atoms with Gasteiger partial charge in [-0.1, -0.05) is 70.4 Å². The number of aliphatic hydroxyl groups excluding tert-OH is 2. The maximum atomic E-state index is 12.4. The molecule has 9 heteroatoms. The minimum atomic E-state index is -4.22. The molecular formula is C25H50N2O6S. The predicted octanol–water partition coefficient (Wildman–Crippen LogP) is 3.68. The van der Waals surface area contributed by atoms with Crippen LogP contribution in [0, 0.1) is 0 Å². The summed E-state index contributed by atoms with van der Waals surface area (Å²) in [5.74, 6) is -0.735. The second-order valence-electron chi connectivity index (χ2n) is 9.05. The molecule has 0 aliphatic rings. The molecule has 0 aliphatic carbocycles. The summed E-state index contributed by atoms with van der Waals surface area (Å²) >= 11 is 0. The van der Waals surface area contributed by atoms with Crippen LogP contribution in [0.4, 0.5) is 0 Å². The maximum Gasteiger partial charge on any atom is 0.267 e. The van der Waals surface area contributed by atoms with Gasteiger partial charge in [-0.2, -0.15) is 8.42 Å². The first-order chi connectivity index (χ1) is 16.3. The molecule has 0 fully saturated rings. The molecule has 0 heterocycles. The highest BCUT2D eigenvalue weighted by Crippen LogP contribution is 2.10. The lowest BCUT2D eigenvalue weighted by Gasteiger charge is -2.22. The maximum absolute atomic E-state index is 12.4.